The zero-order chi connectivity index (χ0) is 31.6. The Morgan fingerprint density at radius 1 is 0.417 bits per heavy atom. The van der Waals surface area contributed by atoms with E-state index in [2.05, 4.69) is 178 Å². The highest BCUT2D eigenvalue weighted by molar-refractivity contribution is 7.27. The SMILES string of the molecule is c1ccc(C2NC(c3ccccc3)NC(c3ccc(-n4c5ccccc5c5c6ccccc6c6c7ccccc7sc6c54)cc3)N2)cc1. The Bertz CT molecular complexity index is 2560. The first-order chi connectivity index (χ1) is 23.8. The van der Waals surface area contributed by atoms with E-state index >= 15 is 0 Å². The second-order valence-corrected chi connectivity index (χ2v) is 13.7. The maximum absolute atomic E-state index is 3.83. The molecule has 10 rings (SSSR count). The molecule has 3 N–H and O–H groups in total. The van der Waals surface area contributed by atoms with Gasteiger partial charge in [0.05, 0.1) is 34.2 Å². The van der Waals surface area contributed by atoms with Crippen LogP contribution >= 0.6 is 11.3 Å². The van der Waals surface area contributed by atoms with Gasteiger partial charge in [-0.2, -0.15) is 0 Å². The molecule has 0 aliphatic carbocycles. The van der Waals surface area contributed by atoms with Gasteiger partial charge in [-0.15, -0.1) is 11.3 Å². The highest BCUT2D eigenvalue weighted by Gasteiger charge is 2.30. The number of aromatic nitrogens is 1. The number of thiophene rings is 1. The van der Waals surface area contributed by atoms with Crippen molar-refractivity contribution in [3.63, 3.8) is 0 Å². The first kappa shape index (κ1) is 27.8. The van der Waals surface area contributed by atoms with Gasteiger partial charge in [0.2, 0.25) is 0 Å². The van der Waals surface area contributed by atoms with Crippen LogP contribution in [0.4, 0.5) is 0 Å². The number of hydrogen-bond acceptors (Lipinski definition) is 4. The number of rotatable bonds is 4. The van der Waals surface area contributed by atoms with Gasteiger partial charge in [-0.25, -0.2) is 0 Å². The van der Waals surface area contributed by atoms with Gasteiger partial charge in [-0.05, 0) is 51.7 Å². The quantitative estimate of drug-likeness (QED) is 0.180. The van der Waals surface area contributed by atoms with E-state index in [1.165, 1.54) is 69.4 Å². The Balaban J connectivity index is 1.14. The molecule has 2 aromatic heterocycles. The summed E-state index contributed by atoms with van der Waals surface area (Å²) >= 11 is 1.90. The number of benzene rings is 7. The minimum Gasteiger partial charge on any atom is -0.308 e. The van der Waals surface area contributed by atoms with E-state index in [0.717, 1.165) is 5.69 Å². The van der Waals surface area contributed by atoms with E-state index in [1.54, 1.807) is 0 Å². The number of nitrogens with zero attached hydrogens (tertiary/aromatic N) is 1. The Kier molecular flexibility index (Phi) is 6.45. The van der Waals surface area contributed by atoms with E-state index in [0.29, 0.717) is 0 Å². The molecule has 4 nitrogen and oxygen atoms in total. The van der Waals surface area contributed by atoms with Gasteiger partial charge in [-0.3, -0.25) is 16.0 Å². The standard InChI is InChI=1S/C43H32N4S/c1-3-13-27(14-4-1)41-44-42(28-15-5-2-6-16-28)46-43(45-41)29-23-25-30(26-24-29)47-35-21-11-9-19-33(35)37-31-17-7-8-18-32(31)38-34-20-10-12-22-36(34)48-40(38)39(37)47/h1-26,41-46H. The first-order valence-corrected chi connectivity index (χ1v) is 17.4. The van der Waals surface area contributed by atoms with E-state index in [-0.39, 0.29) is 18.5 Å². The number of hydrogen-bond donors (Lipinski definition) is 3. The second-order valence-electron chi connectivity index (χ2n) is 12.6. The van der Waals surface area contributed by atoms with E-state index in [1.807, 2.05) is 11.3 Å². The molecule has 230 valence electrons. The lowest BCUT2D eigenvalue weighted by atomic mass is 9.99. The predicted molar refractivity (Wildman–Crippen MR) is 202 cm³/mol. The topological polar surface area (TPSA) is 41.0 Å². The zero-order valence-electron chi connectivity index (χ0n) is 26.1. The van der Waals surface area contributed by atoms with Gasteiger partial charge >= 0.3 is 0 Å². The Hall–Kier alpha value is -5.30. The number of para-hydroxylation sites is 1. The van der Waals surface area contributed by atoms with Crippen LogP contribution in [-0.4, -0.2) is 4.57 Å². The molecular formula is C43H32N4S. The summed E-state index contributed by atoms with van der Waals surface area (Å²) in [6, 6.07) is 57.0. The largest absolute Gasteiger partial charge is 0.308 e. The summed E-state index contributed by atoms with van der Waals surface area (Å²) in [7, 11) is 0. The fourth-order valence-electron chi connectivity index (χ4n) is 7.72. The smallest absolute Gasteiger partial charge is 0.0864 e. The minimum atomic E-state index is -0.0490. The third kappa shape index (κ3) is 4.33. The van der Waals surface area contributed by atoms with Gasteiger partial charge in [0.1, 0.15) is 0 Å². The molecule has 2 unspecified atom stereocenters. The molecule has 48 heavy (non-hydrogen) atoms. The summed E-state index contributed by atoms with van der Waals surface area (Å²) in [6.07, 6.45) is -0.0597. The van der Waals surface area contributed by atoms with Crippen molar-refractivity contribution >= 4 is 64.1 Å². The van der Waals surface area contributed by atoms with Crippen LogP contribution in [-0.2, 0) is 0 Å². The van der Waals surface area contributed by atoms with Gasteiger partial charge in [0, 0.05) is 31.9 Å². The zero-order valence-corrected chi connectivity index (χ0v) is 26.9. The van der Waals surface area contributed by atoms with Crippen molar-refractivity contribution < 1.29 is 0 Å². The van der Waals surface area contributed by atoms with Crippen molar-refractivity contribution in [1.29, 1.82) is 0 Å². The summed E-state index contributed by atoms with van der Waals surface area (Å²) in [6.45, 7) is 0. The third-order valence-electron chi connectivity index (χ3n) is 9.90. The number of nitrogens with one attached hydrogen (secondary N) is 3. The molecular weight excluding hydrogens is 605 g/mol. The molecule has 7 aromatic carbocycles. The van der Waals surface area contributed by atoms with E-state index in [4.69, 9.17) is 0 Å². The van der Waals surface area contributed by atoms with Crippen LogP contribution in [0.2, 0.25) is 0 Å². The number of fused-ring (bicyclic) bond motifs is 10. The van der Waals surface area contributed by atoms with E-state index in [9.17, 15) is 0 Å². The summed E-state index contributed by atoms with van der Waals surface area (Å²) in [4.78, 5) is 0. The maximum atomic E-state index is 3.83. The molecule has 0 bridgehead atoms. The Morgan fingerprint density at radius 3 is 1.52 bits per heavy atom. The van der Waals surface area contributed by atoms with Gasteiger partial charge in [0.15, 0.2) is 0 Å². The normalized spacial score (nSPS) is 18.4. The molecule has 2 atom stereocenters. The fraction of sp³-hybridized carbons (Fsp3) is 0.0698. The molecule has 1 aliphatic rings. The van der Waals surface area contributed by atoms with Crippen LogP contribution in [0.15, 0.2) is 158 Å². The van der Waals surface area contributed by atoms with Gasteiger partial charge < -0.3 is 4.57 Å². The fourth-order valence-corrected chi connectivity index (χ4v) is 8.98. The average Bonchev–Trinajstić information content (AvgIpc) is 3.73. The van der Waals surface area contributed by atoms with Crippen molar-refractivity contribution in [3.8, 4) is 5.69 Å². The molecule has 0 amide bonds. The first-order valence-electron chi connectivity index (χ1n) is 16.6. The molecule has 9 aromatic rings. The van der Waals surface area contributed by atoms with E-state index < -0.39 is 0 Å². The average molecular weight is 637 g/mol. The molecule has 3 heterocycles. The monoisotopic (exact) mass is 636 g/mol. The second kappa shape index (κ2) is 11.2. The van der Waals surface area contributed by atoms with Crippen LogP contribution in [0, 0.1) is 0 Å². The summed E-state index contributed by atoms with van der Waals surface area (Å²) < 4.78 is 5.14. The molecule has 0 spiro atoms. The highest BCUT2D eigenvalue weighted by Crippen LogP contribution is 2.47. The predicted octanol–water partition coefficient (Wildman–Crippen LogP) is 10.5. The Morgan fingerprint density at radius 2 is 0.896 bits per heavy atom. The van der Waals surface area contributed by atoms with Crippen LogP contribution in [0.5, 0.6) is 0 Å². The lowest BCUT2D eigenvalue weighted by Crippen LogP contribution is -2.54. The van der Waals surface area contributed by atoms with Gasteiger partial charge in [-0.1, -0.05) is 133 Å². The molecule has 1 aliphatic heterocycles. The molecule has 1 fully saturated rings. The molecule has 1 saturated heterocycles. The van der Waals surface area contributed by atoms with Crippen molar-refractivity contribution in [1.82, 2.24) is 20.5 Å². The lowest BCUT2D eigenvalue weighted by Gasteiger charge is -2.39. The Labute approximate surface area is 282 Å². The van der Waals surface area contributed by atoms with Crippen molar-refractivity contribution in [3.05, 3.63) is 174 Å². The molecule has 0 radical (unpaired) electrons. The van der Waals surface area contributed by atoms with Crippen molar-refractivity contribution in [2.45, 2.75) is 18.5 Å². The lowest BCUT2D eigenvalue weighted by molar-refractivity contribution is 0.203. The van der Waals surface area contributed by atoms with Crippen LogP contribution in [0.25, 0.3) is 58.4 Å². The molecule has 5 heteroatoms. The summed E-state index contributed by atoms with van der Waals surface area (Å²) in [5.41, 5.74) is 7.29. The maximum Gasteiger partial charge on any atom is 0.0864 e. The van der Waals surface area contributed by atoms with Crippen molar-refractivity contribution in [2.75, 3.05) is 0 Å². The minimum absolute atomic E-state index is 0.00538. The summed E-state index contributed by atoms with van der Waals surface area (Å²) in [5, 5.41) is 19.3. The van der Waals surface area contributed by atoms with Crippen LogP contribution in [0.3, 0.4) is 0 Å². The highest BCUT2D eigenvalue weighted by atomic mass is 32.1. The summed E-state index contributed by atoms with van der Waals surface area (Å²) in [5.74, 6) is 0. The van der Waals surface area contributed by atoms with Crippen molar-refractivity contribution in [2.24, 2.45) is 0 Å². The third-order valence-corrected chi connectivity index (χ3v) is 11.1. The van der Waals surface area contributed by atoms with Gasteiger partial charge in [0.25, 0.3) is 0 Å². The molecule has 0 saturated carbocycles. The van der Waals surface area contributed by atoms with Crippen LogP contribution in [0.1, 0.15) is 35.2 Å². The van der Waals surface area contributed by atoms with Crippen LogP contribution < -0.4 is 16.0 Å².